The van der Waals surface area contributed by atoms with Crippen LogP contribution in [0.4, 0.5) is 24.5 Å². The van der Waals surface area contributed by atoms with Crippen LogP contribution >= 0.6 is 11.6 Å². The molecule has 0 bridgehead atoms. The smallest absolute Gasteiger partial charge is 0.455 e. The van der Waals surface area contributed by atoms with Crippen LogP contribution in [0.15, 0.2) is 101 Å². The first-order valence-corrected chi connectivity index (χ1v) is 25.9. The number of carbonyl (C=O) groups excluding carboxylic acids is 1. The molecule has 13 nitrogen and oxygen atoms in total. The number of fused-ring (bicyclic) bond motifs is 1. The molecule has 0 radical (unpaired) electrons. The summed E-state index contributed by atoms with van der Waals surface area (Å²) in [5.74, 6) is -0.887. The van der Waals surface area contributed by atoms with E-state index in [1.807, 2.05) is 16.9 Å². The lowest BCUT2D eigenvalue weighted by Gasteiger charge is -2.39. The number of allylic oxidation sites excluding steroid dienone is 1. The van der Waals surface area contributed by atoms with E-state index < -0.39 is 41.1 Å². The Hall–Kier alpha value is -5.14. The van der Waals surface area contributed by atoms with Gasteiger partial charge in [-0.2, -0.15) is 13.2 Å². The van der Waals surface area contributed by atoms with Gasteiger partial charge in [-0.05, 0) is 116 Å². The number of piperidine rings is 1. The van der Waals surface area contributed by atoms with Crippen LogP contribution in [0, 0.1) is 5.41 Å². The molecule has 4 heterocycles. The molecule has 0 atom stereocenters. The average Bonchev–Trinajstić information content (AvgIpc) is 4.04. The number of aromatic amines is 1. The molecule has 2 aromatic heterocycles. The molecule has 4 aliphatic rings. The van der Waals surface area contributed by atoms with Crippen LogP contribution in [0.2, 0.25) is 5.02 Å². The molecule has 2 saturated heterocycles. The number of benzene rings is 3. The molecular weight excluding hydrogens is 927 g/mol. The van der Waals surface area contributed by atoms with Crippen molar-refractivity contribution in [3.63, 3.8) is 0 Å². The number of pyridine rings is 1. The van der Waals surface area contributed by atoms with Crippen LogP contribution in [0.1, 0.15) is 74.7 Å². The molecular formula is C48H53ClF3N7O6S2. The van der Waals surface area contributed by atoms with Crippen LogP contribution in [-0.2, 0) is 19.9 Å². The van der Waals surface area contributed by atoms with Gasteiger partial charge in [0.2, 0.25) is 0 Å². The number of amides is 1. The highest BCUT2D eigenvalue weighted by molar-refractivity contribution is 7.92. The molecule has 1 saturated carbocycles. The third-order valence-electron chi connectivity index (χ3n) is 13.4. The van der Waals surface area contributed by atoms with Crippen molar-refractivity contribution in [2.45, 2.75) is 86.2 Å². The second kappa shape index (κ2) is 18.4. The molecule has 9 rings (SSSR count). The number of piperazine rings is 1. The Morgan fingerprint density at radius 1 is 0.910 bits per heavy atom. The number of H-pyrrole nitrogens is 1. The SMILES string of the molecule is CC1(C)CCC(CN2CCN(c3ccc(C(=O)NS(=O)(=O)c4ccc(NC5CCN(C6CC6)CC5)c(S(=O)(=O)C(F)(F)F)c4)c(Oc4cnc5[nH]ccc5c4)c3)CC2)=C(c2ccc(Cl)cc2)C1. The molecule has 3 N–H and O–H groups in total. The Morgan fingerprint density at radius 3 is 2.34 bits per heavy atom. The zero-order valence-electron chi connectivity index (χ0n) is 37.2. The minimum Gasteiger partial charge on any atom is -0.455 e. The third kappa shape index (κ3) is 10.5. The minimum absolute atomic E-state index is 0.000448. The van der Waals surface area contributed by atoms with Gasteiger partial charge in [0.05, 0.1) is 22.3 Å². The normalized spacial score (nSPS) is 19.2. The number of halogens is 4. The molecule has 67 heavy (non-hydrogen) atoms. The Kier molecular flexibility index (Phi) is 12.9. The van der Waals surface area contributed by atoms with Crippen LogP contribution in [0.5, 0.6) is 11.5 Å². The van der Waals surface area contributed by atoms with Gasteiger partial charge in [-0.15, -0.1) is 0 Å². The number of alkyl halides is 3. The van der Waals surface area contributed by atoms with Gasteiger partial charge < -0.3 is 24.8 Å². The lowest BCUT2D eigenvalue weighted by molar-refractivity contribution is -0.0435. The first-order chi connectivity index (χ1) is 31.8. The van der Waals surface area contributed by atoms with Gasteiger partial charge in [-0.1, -0.05) is 43.2 Å². The summed E-state index contributed by atoms with van der Waals surface area (Å²) in [6, 6.07) is 18.9. The summed E-state index contributed by atoms with van der Waals surface area (Å²) in [6.45, 7) is 9.67. The van der Waals surface area contributed by atoms with Crippen molar-refractivity contribution in [3.05, 3.63) is 107 Å². The summed E-state index contributed by atoms with van der Waals surface area (Å²) in [5, 5.41) is 4.36. The van der Waals surface area contributed by atoms with E-state index in [4.69, 9.17) is 16.3 Å². The van der Waals surface area contributed by atoms with Crippen LogP contribution in [0.25, 0.3) is 16.6 Å². The van der Waals surface area contributed by atoms with E-state index in [0.717, 1.165) is 69.3 Å². The predicted octanol–water partition coefficient (Wildman–Crippen LogP) is 9.25. The largest absolute Gasteiger partial charge is 0.501 e. The zero-order valence-corrected chi connectivity index (χ0v) is 39.6. The Balaban J connectivity index is 0.951. The Morgan fingerprint density at radius 2 is 1.64 bits per heavy atom. The van der Waals surface area contributed by atoms with Crippen molar-refractivity contribution in [1.29, 1.82) is 0 Å². The van der Waals surface area contributed by atoms with Gasteiger partial charge >= 0.3 is 5.51 Å². The molecule has 0 spiro atoms. The molecule has 3 aromatic carbocycles. The first kappa shape index (κ1) is 46.9. The molecule has 3 fully saturated rings. The summed E-state index contributed by atoms with van der Waals surface area (Å²) < 4.78 is 104. The summed E-state index contributed by atoms with van der Waals surface area (Å²) in [5.41, 5.74) is -0.796. The van der Waals surface area contributed by atoms with E-state index in [0.29, 0.717) is 67.5 Å². The second-order valence-corrected chi connectivity index (χ2v) is 22.8. The quantitative estimate of drug-likeness (QED) is 0.103. The van der Waals surface area contributed by atoms with Crippen LogP contribution < -0.4 is 19.7 Å². The summed E-state index contributed by atoms with van der Waals surface area (Å²) in [4.78, 5) is 26.2. The highest BCUT2D eigenvalue weighted by Gasteiger charge is 2.49. The van der Waals surface area contributed by atoms with Gasteiger partial charge in [0.1, 0.15) is 22.0 Å². The van der Waals surface area contributed by atoms with Crippen molar-refractivity contribution < 1.29 is 39.5 Å². The van der Waals surface area contributed by atoms with E-state index in [1.54, 1.807) is 30.5 Å². The highest BCUT2D eigenvalue weighted by Crippen LogP contribution is 2.44. The number of nitrogens with one attached hydrogen (secondary N) is 3. The van der Waals surface area contributed by atoms with Gasteiger partial charge in [0.15, 0.2) is 0 Å². The van der Waals surface area contributed by atoms with Crippen molar-refractivity contribution >= 4 is 65.3 Å². The van der Waals surface area contributed by atoms with Gasteiger partial charge in [-0.3, -0.25) is 9.69 Å². The molecule has 0 unspecified atom stereocenters. The molecule has 356 valence electrons. The highest BCUT2D eigenvalue weighted by atomic mass is 35.5. The number of aromatic nitrogens is 2. The van der Waals surface area contributed by atoms with Crippen molar-refractivity contribution in [1.82, 2.24) is 24.5 Å². The molecule has 19 heteroatoms. The minimum atomic E-state index is -6.03. The van der Waals surface area contributed by atoms with E-state index in [-0.39, 0.29) is 34.2 Å². The lowest BCUT2D eigenvalue weighted by atomic mass is 9.72. The summed E-state index contributed by atoms with van der Waals surface area (Å²) >= 11 is 6.24. The predicted molar refractivity (Wildman–Crippen MR) is 253 cm³/mol. The number of anilines is 2. The van der Waals surface area contributed by atoms with Crippen LogP contribution in [0.3, 0.4) is 0 Å². The van der Waals surface area contributed by atoms with Gasteiger partial charge in [-0.25, -0.2) is 26.5 Å². The average molecular weight is 981 g/mol. The third-order valence-corrected chi connectivity index (χ3v) is 16.5. The van der Waals surface area contributed by atoms with Crippen molar-refractivity contribution in [2.24, 2.45) is 5.41 Å². The van der Waals surface area contributed by atoms with Gasteiger partial charge in [0.25, 0.3) is 25.8 Å². The maximum absolute atomic E-state index is 14.1. The Labute approximate surface area is 393 Å². The maximum Gasteiger partial charge on any atom is 0.501 e. The summed E-state index contributed by atoms with van der Waals surface area (Å²) in [6.07, 6.45) is 9.58. The number of rotatable bonds is 13. The van der Waals surface area contributed by atoms with E-state index in [1.165, 1.54) is 29.0 Å². The molecule has 5 aromatic rings. The second-order valence-electron chi connectivity index (χ2n) is 18.8. The Bertz CT molecular complexity index is 2920. The topological polar surface area (TPSA) is 157 Å². The monoisotopic (exact) mass is 979 g/mol. The van der Waals surface area contributed by atoms with E-state index in [9.17, 15) is 34.8 Å². The van der Waals surface area contributed by atoms with E-state index >= 15 is 0 Å². The number of likely N-dealkylation sites (tertiary alicyclic amines) is 1. The molecule has 2 aliphatic carbocycles. The number of nitrogens with zero attached hydrogens (tertiary/aromatic N) is 4. The van der Waals surface area contributed by atoms with Crippen molar-refractivity contribution in [2.75, 3.05) is 56.0 Å². The van der Waals surface area contributed by atoms with Gasteiger partial charge in [0, 0.05) is 86.3 Å². The maximum atomic E-state index is 14.1. The first-order valence-electron chi connectivity index (χ1n) is 22.5. The number of carbonyl (C=O) groups is 1. The van der Waals surface area contributed by atoms with Crippen LogP contribution in [-0.4, -0.2) is 106 Å². The zero-order chi connectivity index (χ0) is 47.3. The number of sulfonamides is 1. The van der Waals surface area contributed by atoms with Crippen molar-refractivity contribution in [3.8, 4) is 11.5 Å². The number of hydrogen-bond donors (Lipinski definition) is 3. The fourth-order valence-corrected chi connectivity index (χ4v) is 11.6. The number of ether oxygens (including phenoxy) is 1. The molecule has 1 amide bonds. The number of sulfone groups is 1. The standard InChI is InChI=1S/C48H53ClF3N7O6S2/c1-47(2)17-13-33(41(28-47)31-3-5-34(49)6-4-31)30-57-21-23-59(24-22-57)37-9-11-40(43(26-37)65-38-25-32-14-18-53-45(32)54-29-38)46(60)56-67(63,64)39-10-12-42(44(27-39)66(61,62)48(50,51)52)55-35-15-19-58(20-16-35)36-7-8-36/h3-6,9-12,14,18,25-27,29,35-36,55H,7-8,13,15-17,19-24,28,30H2,1-2H3,(H,53,54)(H,56,60). The lowest BCUT2D eigenvalue weighted by Crippen LogP contribution is -2.47. The molecule has 2 aliphatic heterocycles. The number of hydrogen-bond acceptors (Lipinski definition) is 11. The fraction of sp³-hybridized carbons (Fsp3) is 0.417. The summed E-state index contributed by atoms with van der Waals surface area (Å²) in [7, 11) is -11.0. The fourth-order valence-electron chi connectivity index (χ4n) is 9.42. The van der Waals surface area contributed by atoms with E-state index in [2.05, 4.69) is 56.0 Å².